The highest BCUT2D eigenvalue weighted by molar-refractivity contribution is 8.18. The molecule has 0 atom stereocenters. The van der Waals surface area contributed by atoms with Crippen LogP contribution in [0.1, 0.15) is 11.1 Å². The zero-order valence-electron chi connectivity index (χ0n) is 12.9. The van der Waals surface area contributed by atoms with Gasteiger partial charge in [-0.3, -0.25) is 14.5 Å². The number of benzene rings is 2. The number of para-hydroxylation sites is 1. The number of rotatable bonds is 4. The number of imide groups is 1. The lowest BCUT2D eigenvalue weighted by atomic mass is 10.1. The van der Waals surface area contributed by atoms with Crippen LogP contribution >= 0.6 is 23.4 Å². The molecule has 24 heavy (non-hydrogen) atoms. The summed E-state index contributed by atoms with van der Waals surface area (Å²) in [6.45, 7) is 0.227. The van der Waals surface area contributed by atoms with Gasteiger partial charge in [-0.1, -0.05) is 41.9 Å². The molecule has 1 heterocycles. The van der Waals surface area contributed by atoms with Gasteiger partial charge in [-0.05, 0) is 41.6 Å². The van der Waals surface area contributed by atoms with Crippen LogP contribution in [0.3, 0.4) is 0 Å². The van der Waals surface area contributed by atoms with Crippen LogP contribution in [-0.2, 0) is 11.3 Å². The fourth-order valence-corrected chi connectivity index (χ4v) is 3.29. The maximum atomic E-state index is 12.5. The Hall–Kier alpha value is -2.24. The highest BCUT2D eigenvalue weighted by Gasteiger charge is 2.35. The van der Waals surface area contributed by atoms with Crippen molar-refractivity contribution in [2.24, 2.45) is 0 Å². The van der Waals surface area contributed by atoms with Crippen LogP contribution in [0, 0.1) is 0 Å². The van der Waals surface area contributed by atoms with E-state index in [0.717, 1.165) is 22.9 Å². The Morgan fingerprint density at radius 2 is 1.83 bits per heavy atom. The molecule has 6 heteroatoms. The van der Waals surface area contributed by atoms with Crippen molar-refractivity contribution >= 4 is 40.6 Å². The van der Waals surface area contributed by atoms with Crippen molar-refractivity contribution in [3.05, 3.63) is 69.6 Å². The zero-order valence-corrected chi connectivity index (χ0v) is 14.4. The molecule has 0 aliphatic carbocycles. The average Bonchev–Trinajstić information content (AvgIpc) is 2.85. The molecule has 2 aromatic carbocycles. The molecule has 0 radical (unpaired) electrons. The summed E-state index contributed by atoms with van der Waals surface area (Å²) in [6.07, 6.45) is 1.69. The third kappa shape index (κ3) is 3.47. The van der Waals surface area contributed by atoms with E-state index in [2.05, 4.69) is 0 Å². The van der Waals surface area contributed by atoms with E-state index in [1.807, 2.05) is 24.3 Å². The van der Waals surface area contributed by atoms with Crippen LogP contribution in [0.2, 0.25) is 5.02 Å². The molecule has 3 rings (SSSR count). The summed E-state index contributed by atoms with van der Waals surface area (Å²) in [5.74, 6) is 0.354. The standard InChI is InChI=1S/C18H14ClNO3S/c1-23-15-5-3-2-4-13(15)10-16-17(21)20(18(22)24-16)11-12-6-8-14(19)9-7-12/h2-10H,11H2,1H3/b16-10+. The van der Waals surface area contributed by atoms with Crippen molar-refractivity contribution in [1.29, 1.82) is 0 Å². The summed E-state index contributed by atoms with van der Waals surface area (Å²) in [7, 11) is 1.57. The molecular weight excluding hydrogens is 346 g/mol. The Morgan fingerprint density at radius 3 is 2.54 bits per heavy atom. The monoisotopic (exact) mass is 359 g/mol. The second-order valence-corrected chi connectivity index (χ2v) is 6.57. The van der Waals surface area contributed by atoms with E-state index in [4.69, 9.17) is 16.3 Å². The van der Waals surface area contributed by atoms with Crippen molar-refractivity contribution in [1.82, 2.24) is 4.90 Å². The van der Waals surface area contributed by atoms with Gasteiger partial charge in [0.25, 0.3) is 11.1 Å². The minimum atomic E-state index is -0.300. The molecule has 1 fully saturated rings. The molecule has 1 saturated heterocycles. The fourth-order valence-electron chi connectivity index (χ4n) is 2.34. The SMILES string of the molecule is COc1ccccc1/C=C1/SC(=O)N(Cc2ccc(Cl)cc2)C1=O. The Morgan fingerprint density at radius 1 is 1.12 bits per heavy atom. The molecule has 0 bridgehead atoms. The van der Waals surface area contributed by atoms with E-state index in [-0.39, 0.29) is 17.7 Å². The van der Waals surface area contributed by atoms with Gasteiger partial charge in [0, 0.05) is 10.6 Å². The van der Waals surface area contributed by atoms with Gasteiger partial charge in [0.2, 0.25) is 0 Å². The van der Waals surface area contributed by atoms with E-state index < -0.39 is 0 Å². The fraction of sp³-hybridized carbons (Fsp3) is 0.111. The lowest BCUT2D eigenvalue weighted by Gasteiger charge is -2.12. The number of amides is 2. The van der Waals surface area contributed by atoms with E-state index in [1.165, 1.54) is 4.90 Å². The first-order valence-corrected chi connectivity index (χ1v) is 8.41. The smallest absolute Gasteiger partial charge is 0.293 e. The van der Waals surface area contributed by atoms with Crippen molar-refractivity contribution in [3.8, 4) is 5.75 Å². The summed E-state index contributed by atoms with van der Waals surface area (Å²) in [6, 6.07) is 14.4. The molecule has 1 aliphatic heterocycles. The predicted molar refractivity (Wildman–Crippen MR) is 96.0 cm³/mol. The van der Waals surface area contributed by atoms with E-state index in [0.29, 0.717) is 15.7 Å². The number of hydrogen-bond donors (Lipinski definition) is 0. The lowest BCUT2D eigenvalue weighted by molar-refractivity contribution is -0.123. The lowest BCUT2D eigenvalue weighted by Crippen LogP contribution is -2.27. The van der Waals surface area contributed by atoms with Crippen molar-refractivity contribution in [3.63, 3.8) is 0 Å². The average molecular weight is 360 g/mol. The number of thioether (sulfide) groups is 1. The molecular formula is C18H14ClNO3S. The Labute approximate surface area is 149 Å². The van der Waals surface area contributed by atoms with Gasteiger partial charge >= 0.3 is 0 Å². The quantitative estimate of drug-likeness (QED) is 0.749. The van der Waals surface area contributed by atoms with Gasteiger partial charge in [-0.15, -0.1) is 0 Å². The summed E-state index contributed by atoms with van der Waals surface area (Å²) in [5.41, 5.74) is 1.61. The van der Waals surface area contributed by atoms with Gasteiger partial charge in [0.1, 0.15) is 5.75 Å². The second-order valence-electron chi connectivity index (χ2n) is 5.14. The Balaban J connectivity index is 1.83. The minimum Gasteiger partial charge on any atom is -0.496 e. The number of halogens is 1. The van der Waals surface area contributed by atoms with Crippen LogP contribution in [0.25, 0.3) is 6.08 Å². The molecule has 1 aliphatic rings. The predicted octanol–water partition coefficient (Wildman–Crippen LogP) is 4.59. The molecule has 122 valence electrons. The van der Waals surface area contributed by atoms with Crippen molar-refractivity contribution < 1.29 is 14.3 Å². The van der Waals surface area contributed by atoms with Gasteiger partial charge in [0.15, 0.2) is 0 Å². The van der Waals surface area contributed by atoms with Crippen LogP contribution in [0.15, 0.2) is 53.4 Å². The summed E-state index contributed by atoms with van der Waals surface area (Å²) in [4.78, 5) is 26.3. The molecule has 0 unspecified atom stereocenters. The van der Waals surface area contributed by atoms with Gasteiger partial charge < -0.3 is 4.74 Å². The number of carbonyl (C=O) groups excluding carboxylic acids is 2. The highest BCUT2D eigenvalue weighted by atomic mass is 35.5. The molecule has 0 aromatic heterocycles. The van der Waals surface area contributed by atoms with Gasteiger partial charge in [0.05, 0.1) is 18.6 Å². The maximum absolute atomic E-state index is 12.5. The molecule has 0 spiro atoms. The van der Waals surface area contributed by atoms with Crippen LogP contribution < -0.4 is 4.74 Å². The zero-order chi connectivity index (χ0) is 17.1. The largest absolute Gasteiger partial charge is 0.496 e. The second kappa shape index (κ2) is 7.11. The van der Waals surface area contributed by atoms with E-state index in [9.17, 15) is 9.59 Å². The van der Waals surface area contributed by atoms with E-state index >= 15 is 0 Å². The van der Waals surface area contributed by atoms with Crippen LogP contribution in [0.5, 0.6) is 5.75 Å². The number of ether oxygens (including phenoxy) is 1. The van der Waals surface area contributed by atoms with E-state index in [1.54, 1.807) is 37.5 Å². The molecule has 0 N–H and O–H groups in total. The first-order chi connectivity index (χ1) is 11.6. The first-order valence-electron chi connectivity index (χ1n) is 7.21. The summed E-state index contributed by atoms with van der Waals surface area (Å²) < 4.78 is 5.28. The van der Waals surface area contributed by atoms with Crippen molar-refractivity contribution in [2.75, 3.05) is 7.11 Å². The highest BCUT2D eigenvalue weighted by Crippen LogP contribution is 2.34. The third-order valence-corrected chi connectivity index (χ3v) is 4.71. The number of carbonyl (C=O) groups is 2. The normalized spacial score (nSPS) is 16.1. The number of methoxy groups -OCH3 is 1. The number of nitrogens with zero attached hydrogens (tertiary/aromatic N) is 1. The maximum Gasteiger partial charge on any atom is 0.293 e. The topological polar surface area (TPSA) is 46.6 Å². The van der Waals surface area contributed by atoms with Gasteiger partial charge in [-0.25, -0.2) is 0 Å². The third-order valence-electron chi connectivity index (χ3n) is 3.55. The molecule has 2 amide bonds. The van der Waals surface area contributed by atoms with Gasteiger partial charge in [-0.2, -0.15) is 0 Å². The number of hydrogen-bond acceptors (Lipinski definition) is 4. The summed E-state index contributed by atoms with van der Waals surface area (Å²) in [5, 5.41) is 0.333. The van der Waals surface area contributed by atoms with Crippen LogP contribution in [0.4, 0.5) is 4.79 Å². The minimum absolute atomic E-state index is 0.227. The molecule has 4 nitrogen and oxygen atoms in total. The van der Waals surface area contributed by atoms with Crippen molar-refractivity contribution in [2.45, 2.75) is 6.54 Å². The van der Waals surface area contributed by atoms with Crippen LogP contribution in [-0.4, -0.2) is 23.2 Å². The Kier molecular flexibility index (Phi) is 4.92. The Bertz CT molecular complexity index is 817. The molecule has 0 saturated carbocycles. The molecule has 2 aromatic rings. The summed E-state index contributed by atoms with van der Waals surface area (Å²) >= 11 is 6.79. The first kappa shape index (κ1) is 16.6.